The molecule has 1 N–H and O–H groups in total. The Hall–Kier alpha value is -1.54. The van der Waals surface area contributed by atoms with Gasteiger partial charge >= 0.3 is 13.8 Å². The molecule has 8 nitrogen and oxygen atoms in total. The standard InChI is InChI=1S/C59H112NO7P/c1-6-8-10-12-14-16-18-20-22-24-26-28-30-31-33-35-37-39-41-43-45-47-49-51-54-64-56-58(57-66-68(62,63)65-55-53-60(3,4)5)67-59(61)52-50-48-46-44-42-40-38-36-34-32-29-27-25-23-21-19-17-15-13-11-9-7-2/h8,10,14,16,20,22,26,28,58H,6-7,9,11-13,15,17-19,21,23-25,27,29-57H2,1-5H3/p+1/b10-8-,16-14-,22-20-,28-26-. The molecule has 0 saturated heterocycles. The zero-order valence-electron chi connectivity index (χ0n) is 45.6. The van der Waals surface area contributed by atoms with Gasteiger partial charge in [-0.2, -0.15) is 0 Å². The number of carbonyl (C=O) groups excluding carboxylic acids is 1. The van der Waals surface area contributed by atoms with Gasteiger partial charge < -0.3 is 18.9 Å². The number of nitrogens with zero attached hydrogens (tertiary/aromatic N) is 1. The van der Waals surface area contributed by atoms with Gasteiger partial charge in [0.25, 0.3) is 0 Å². The molecule has 0 aromatic heterocycles. The van der Waals surface area contributed by atoms with Gasteiger partial charge in [0.05, 0.1) is 34.4 Å². The maximum atomic E-state index is 12.8. The number of esters is 1. The molecular weight excluding hydrogens is 866 g/mol. The van der Waals surface area contributed by atoms with Crippen LogP contribution < -0.4 is 0 Å². The van der Waals surface area contributed by atoms with Crippen LogP contribution in [-0.4, -0.2) is 75.6 Å². The summed E-state index contributed by atoms with van der Waals surface area (Å²) in [6, 6.07) is 0. The summed E-state index contributed by atoms with van der Waals surface area (Å²) in [5, 5.41) is 0. The van der Waals surface area contributed by atoms with Crippen molar-refractivity contribution in [3.05, 3.63) is 48.6 Å². The Bertz CT molecular complexity index is 1230. The minimum atomic E-state index is -4.28. The van der Waals surface area contributed by atoms with E-state index in [2.05, 4.69) is 62.5 Å². The van der Waals surface area contributed by atoms with Crippen molar-refractivity contribution in [2.24, 2.45) is 0 Å². The SMILES string of the molecule is CC/C=C\C/C=C\C/C=C\C/C=C\CCCCCCCCCCCCCOCC(COP(=O)(O)OCC[N+](C)(C)C)OC(=O)CCCCCCCCCCCCCCCCCCCCCCCC. The van der Waals surface area contributed by atoms with Gasteiger partial charge in [0.1, 0.15) is 19.3 Å². The van der Waals surface area contributed by atoms with E-state index >= 15 is 0 Å². The highest BCUT2D eigenvalue weighted by atomic mass is 31.2. The van der Waals surface area contributed by atoms with Gasteiger partial charge in [-0.05, 0) is 51.4 Å². The number of hydrogen-bond donors (Lipinski definition) is 1. The van der Waals surface area contributed by atoms with E-state index in [1.165, 1.54) is 186 Å². The number of quaternary nitrogens is 1. The van der Waals surface area contributed by atoms with Gasteiger partial charge in [-0.25, -0.2) is 4.57 Å². The Morgan fingerprint density at radius 2 is 0.853 bits per heavy atom. The summed E-state index contributed by atoms with van der Waals surface area (Å²) < 4.78 is 35.3. The van der Waals surface area contributed by atoms with Crippen LogP contribution in [-0.2, 0) is 27.9 Å². The summed E-state index contributed by atoms with van der Waals surface area (Å²) in [5.74, 6) is -0.309. The van der Waals surface area contributed by atoms with Crippen LogP contribution in [0.2, 0.25) is 0 Å². The van der Waals surface area contributed by atoms with Crippen molar-refractivity contribution in [2.75, 3.05) is 54.1 Å². The first-order valence-electron chi connectivity index (χ1n) is 28.9. The molecule has 0 saturated carbocycles. The second-order valence-corrected chi connectivity index (χ2v) is 22.1. The predicted molar refractivity (Wildman–Crippen MR) is 293 cm³/mol. The third-order valence-corrected chi connectivity index (χ3v) is 13.6. The van der Waals surface area contributed by atoms with Crippen molar-refractivity contribution < 1.29 is 37.3 Å². The molecule has 0 rings (SSSR count). The lowest BCUT2D eigenvalue weighted by molar-refractivity contribution is -0.870. The number of phosphoric acid groups is 1. The van der Waals surface area contributed by atoms with E-state index in [-0.39, 0.29) is 25.8 Å². The van der Waals surface area contributed by atoms with E-state index in [0.717, 1.165) is 57.8 Å². The molecule has 2 unspecified atom stereocenters. The first kappa shape index (κ1) is 66.5. The average molecular weight is 980 g/mol. The third-order valence-electron chi connectivity index (χ3n) is 12.7. The lowest BCUT2D eigenvalue weighted by atomic mass is 10.0. The number of unbranched alkanes of at least 4 members (excludes halogenated alkanes) is 32. The van der Waals surface area contributed by atoms with Gasteiger partial charge in [-0.3, -0.25) is 13.8 Å². The Balaban J connectivity index is 4.05. The van der Waals surface area contributed by atoms with Crippen molar-refractivity contribution in [1.82, 2.24) is 0 Å². The number of hydrogen-bond acceptors (Lipinski definition) is 6. The van der Waals surface area contributed by atoms with Gasteiger partial charge in [0, 0.05) is 13.0 Å². The molecule has 68 heavy (non-hydrogen) atoms. The number of ether oxygens (including phenoxy) is 2. The van der Waals surface area contributed by atoms with Crippen LogP contribution >= 0.6 is 7.82 Å². The first-order valence-corrected chi connectivity index (χ1v) is 30.4. The van der Waals surface area contributed by atoms with Crippen molar-refractivity contribution in [3.63, 3.8) is 0 Å². The number of rotatable bonds is 54. The molecule has 9 heteroatoms. The zero-order valence-corrected chi connectivity index (χ0v) is 46.5. The Morgan fingerprint density at radius 3 is 1.28 bits per heavy atom. The van der Waals surface area contributed by atoms with Crippen LogP contribution in [0.1, 0.15) is 264 Å². The molecular formula is C59H113NO7P+. The van der Waals surface area contributed by atoms with Crippen LogP contribution in [0.15, 0.2) is 48.6 Å². The fraction of sp³-hybridized carbons (Fsp3) is 0.847. The molecule has 0 fully saturated rings. The van der Waals surface area contributed by atoms with E-state index in [4.69, 9.17) is 18.5 Å². The maximum absolute atomic E-state index is 12.8. The van der Waals surface area contributed by atoms with Gasteiger partial charge in [-0.1, -0.05) is 255 Å². The number of likely N-dealkylation sites (N-methyl/N-ethyl adjacent to an activating group) is 1. The zero-order chi connectivity index (χ0) is 49.8. The minimum Gasteiger partial charge on any atom is -0.457 e. The summed E-state index contributed by atoms with van der Waals surface area (Å²) in [4.78, 5) is 23.1. The fourth-order valence-corrected chi connectivity index (χ4v) is 8.99. The molecule has 0 aliphatic carbocycles. The average Bonchev–Trinajstić information content (AvgIpc) is 3.30. The summed E-state index contributed by atoms with van der Waals surface area (Å²) >= 11 is 0. The highest BCUT2D eigenvalue weighted by Crippen LogP contribution is 2.43. The van der Waals surface area contributed by atoms with E-state index < -0.39 is 13.9 Å². The summed E-state index contributed by atoms with van der Waals surface area (Å²) in [6.45, 7) is 5.56. The predicted octanol–water partition coefficient (Wildman–Crippen LogP) is 18.2. The highest BCUT2D eigenvalue weighted by Gasteiger charge is 2.26. The molecule has 0 aromatic carbocycles. The van der Waals surface area contributed by atoms with Crippen molar-refractivity contribution in [3.8, 4) is 0 Å². The van der Waals surface area contributed by atoms with Crippen LogP contribution in [0.25, 0.3) is 0 Å². The Kier molecular flexibility index (Phi) is 50.6. The molecule has 0 heterocycles. The largest absolute Gasteiger partial charge is 0.472 e. The van der Waals surface area contributed by atoms with Crippen LogP contribution in [0.5, 0.6) is 0 Å². The summed E-state index contributed by atoms with van der Waals surface area (Å²) in [7, 11) is 1.67. The number of allylic oxidation sites excluding steroid dienone is 8. The number of phosphoric ester groups is 1. The molecule has 0 radical (unpaired) electrons. The molecule has 0 aliphatic heterocycles. The van der Waals surface area contributed by atoms with Crippen LogP contribution in [0.3, 0.4) is 0 Å². The van der Waals surface area contributed by atoms with Gasteiger partial charge in [-0.15, -0.1) is 0 Å². The fourth-order valence-electron chi connectivity index (χ4n) is 8.25. The molecule has 2 atom stereocenters. The Morgan fingerprint density at radius 1 is 0.471 bits per heavy atom. The highest BCUT2D eigenvalue weighted by molar-refractivity contribution is 7.47. The van der Waals surface area contributed by atoms with E-state index in [9.17, 15) is 14.3 Å². The van der Waals surface area contributed by atoms with Crippen LogP contribution in [0.4, 0.5) is 0 Å². The topological polar surface area (TPSA) is 91.3 Å². The van der Waals surface area contributed by atoms with E-state index in [1.54, 1.807) is 0 Å². The lowest BCUT2D eigenvalue weighted by Crippen LogP contribution is -2.37. The first-order chi connectivity index (χ1) is 33.1. The monoisotopic (exact) mass is 979 g/mol. The number of carbonyl (C=O) groups is 1. The smallest absolute Gasteiger partial charge is 0.457 e. The van der Waals surface area contributed by atoms with E-state index in [0.29, 0.717) is 24.1 Å². The van der Waals surface area contributed by atoms with Crippen LogP contribution in [0, 0.1) is 0 Å². The molecule has 0 aromatic rings. The lowest BCUT2D eigenvalue weighted by Gasteiger charge is -2.24. The van der Waals surface area contributed by atoms with Crippen molar-refractivity contribution in [1.29, 1.82) is 0 Å². The van der Waals surface area contributed by atoms with Crippen molar-refractivity contribution in [2.45, 2.75) is 270 Å². The van der Waals surface area contributed by atoms with Crippen molar-refractivity contribution >= 4 is 13.8 Å². The normalized spacial score (nSPS) is 13.8. The third kappa shape index (κ3) is 55.4. The summed E-state index contributed by atoms with van der Waals surface area (Å²) in [6.07, 6.45) is 66.0. The Labute approximate surface area is 422 Å². The van der Waals surface area contributed by atoms with E-state index in [1.807, 2.05) is 21.1 Å². The minimum absolute atomic E-state index is 0.0888. The molecule has 0 spiro atoms. The molecule has 0 bridgehead atoms. The summed E-state index contributed by atoms with van der Waals surface area (Å²) in [5.41, 5.74) is 0. The quantitative estimate of drug-likeness (QED) is 0.0213. The molecule has 0 amide bonds. The second-order valence-electron chi connectivity index (χ2n) is 20.7. The van der Waals surface area contributed by atoms with Gasteiger partial charge in [0.15, 0.2) is 0 Å². The molecule has 0 aliphatic rings. The second kappa shape index (κ2) is 51.8. The van der Waals surface area contributed by atoms with Gasteiger partial charge in [0.2, 0.25) is 0 Å². The maximum Gasteiger partial charge on any atom is 0.472 e. The molecule has 400 valence electrons.